The van der Waals surface area contributed by atoms with Crippen LogP contribution in [-0.4, -0.2) is 0 Å². The first kappa shape index (κ1) is 14.9. The van der Waals surface area contributed by atoms with Gasteiger partial charge in [-0.05, 0) is 46.6 Å². The largest absolute Gasteiger partial charge is 0.305 e. The first-order chi connectivity index (χ1) is 8.97. The average Bonchev–Trinajstić information content (AvgIpc) is 2.69. The molecule has 1 N–H and O–H groups in total. The van der Waals surface area contributed by atoms with Gasteiger partial charge >= 0.3 is 0 Å². The molecule has 0 aliphatic carbocycles. The zero-order chi connectivity index (χ0) is 14.0. The number of thiophene rings is 1. The van der Waals surface area contributed by atoms with Gasteiger partial charge in [0.25, 0.3) is 0 Å². The van der Waals surface area contributed by atoms with Crippen LogP contribution in [0.25, 0.3) is 0 Å². The highest BCUT2D eigenvalue weighted by molar-refractivity contribution is 9.10. The van der Waals surface area contributed by atoms with Crippen molar-refractivity contribution >= 4 is 38.9 Å². The van der Waals surface area contributed by atoms with Gasteiger partial charge in [-0.15, -0.1) is 11.3 Å². The Morgan fingerprint density at radius 1 is 1.32 bits per heavy atom. The van der Waals surface area contributed by atoms with Crippen molar-refractivity contribution in [1.29, 1.82) is 0 Å². The quantitative estimate of drug-likeness (QED) is 0.775. The highest BCUT2D eigenvalue weighted by Crippen LogP contribution is 2.32. The van der Waals surface area contributed by atoms with Crippen molar-refractivity contribution < 1.29 is 8.78 Å². The first-order valence-electron chi connectivity index (χ1n) is 5.59. The van der Waals surface area contributed by atoms with Gasteiger partial charge in [0.2, 0.25) is 0 Å². The van der Waals surface area contributed by atoms with Crippen LogP contribution in [0.2, 0.25) is 4.34 Å². The van der Waals surface area contributed by atoms with Gasteiger partial charge in [0, 0.05) is 21.9 Å². The number of halogens is 4. The molecule has 1 aromatic carbocycles. The van der Waals surface area contributed by atoms with Crippen molar-refractivity contribution in [2.24, 2.45) is 0 Å². The molecule has 0 aliphatic heterocycles. The van der Waals surface area contributed by atoms with E-state index in [0.29, 0.717) is 16.4 Å². The van der Waals surface area contributed by atoms with Crippen LogP contribution >= 0.6 is 38.9 Å². The molecule has 0 radical (unpaired) electrons. The van der Waals surface area contributed by atoms with Gasteiger partial charge in [-0.2, -0.15) is 0 Å². The third-order valence-corrected chi connectivity index (χ3v) is 5.20. The third kappa shape index (κ3) is 3.75. The van der Waals surface area contributed by atoms with Gasteiger partial charge < -0.3 is 5.32 Å². The number of rotatable bonds is 4. The molecule has 0 fully saturated rings. The van der Waals surface area contributed by atoms with Gasteiger partial charge in [-0.1, -0.05) is 17.7 Å². The molecule has 19 heavy (non-hydrogen) atoms. The van der Waals surface area contributed by atoms with Crippen LogP contribution in [0.5, 0.6) is 0 Å². The minimum atomic E-state index is -0.829. The molecular weight excluding hydrogens is 356 g/mol. The summed E-state index contributed by atoms with van der Waals surface area (Å²) in [6.45, 7) is 2.52. The van der Waals surface area contributed by atoms with Gasteiger partial charge in [-0.3, -0.25) is 0 Å². The maximum atomic E-state index is 13.1. The van der Waals surface area contributed by atoms with Crippen LogP contribution in [0.15, 0.2) is 28.7 Å². The standard InChI is InChI=1S/C13H11BrClF2NS/c1-7(8-2-3-11(16)12(17)4-8)18-6-9-5-10(14)13(15)19-9/h2-5,7,18H,6H2,1H3. The minimum Gasteiger partial charge on any atom is -0.305 e. The fourth-order valence-corrected chi connectivity index (χ4v) is 3.37. The monoisotopic (exact) mass is 365 g/mol. The van der Waals surface area contributed by atoms with E-state index >= 15 is 0 Å². The van der Waals surface area contributed by atoms with Gasteiger partial charge in [0.15, 0.2) is 11.6 Å². The summed E-state index contributed by atoms with van der Waals surface area (Å²) in [5.74, 6) is -1.65. The Bertz CT molecular complexity index is 569. The van der Waals surface area contributed by atoms with E-state index in [1.54, 1.807) is 6.07 Å². The summed E-state index contributed by atoms with van der Waals surface area (Å²) in [5.41, 5.74) is 0.709. The van der Waals surface area contributed by atoms with Crippen LogP contribution in [0, 0.1) is 11.6 Å². The SMILES string of the molecule is CC(NCc1cc(Br)c(Cl)s1)c1ccc(F)c(F)c1. The molecule has 1 nitrogen and oxygen atoms in total. The zero-order valence-corrected chi connectivity index (χ0v) is 13.2. The van der Waals surface area contributed by atoms with E-state index in [1.807, 2.05) is 13.0 Å². The molecule has 2 aromatic rings. The lowest BCUT2D eigenvalue weighted by Crippen LogP contribution is -2.17. The highest BCUT2D eigenvalue weighted by Gasteiger charge is 2.10. The predicted octanol–water partition coefficient (Wildman–Crippen LogP) is 5.29. The van der Waals surface area contributed by atoms with Gasteiger partial charge in [0.05, 0.1) is 0 Å². The maximum absolute atomic E-state index is 13.1. The smallest absolute Gasteiger partial charge is 0.159 e. The van der Waals surface area contributed by atoms with E-state index in [2.05, 4.69) is 21.2 Å². The van der Waals surface area contributed by atoms with E-state index in [-0.39, 0.29) is 6.04 Å². The van der Waals surface area contributed by atoms with E-state index < -0.39 is 11.6 Å². The molecule has 1 unspecified atom stereocenters. The van der Waals surface area contributed by atoms with Crippen LogP contribution < -0.4 is 5.32 Å². The summed E-state index contributed by atoms with van der Waals surface area (Å²) in [6.07, 6.45) is 0. The molecule has 0 amide bonds. The molecule has 102 valence electrons. The molecule has 0 aliphatic rings. The normalized spacial score (nSPS) is 12.7. The fourth-order valence-electron chi connectivity index (χ4n) is 1.63. The Morgan fingerprint density at radius 2 is 2.05 bits per heavy atom. The van der Waals surface area contributed by atoms with Crippen molar-refractivity contribution in [1.82, 2.24) is 5.32 Å². The average molecular weight is 367 g/mol. The Labute approximate surface area is 127 Å². The van der Waals surface area contributed by atoms with Crippen LogP contribution in [0.1, 0.15) is 23.4 Å². The lowest BCUT2D eigenvalue weighted by molar-refractivity contribution is 0.501. The van der Waals surface area contributed by atoms with E-state index in [1.165, 1.54) is 17.4 Å². The molecule has 6 heteroatoms. The summed E-state index contributed by atoms with van der Waals surface area (Å²) >= 11 is 10.8. The summed E-state index contributed by atoms with van der Waals surface area (Å²) < 4.78 is 27.6. The van der Waals surface area contributed by atoms with Crippen LogP contribution in [-0.2, 0) is 6.54 Å². The first-order valence-corrected chi connectivity index (χ1v) is 7.58. The summed E-state index contributed by atoms with van der Waals surface area (Å²) in [7, 11) is 0. The Hall–Kier alpha value is -0.490. The maximum Gasteiger partial charge on any atom is 0.159 e. The van der Waals surface area contributed by atoms with Gasteiger partial charge in [0.1, 0.15) is 4.34 Å². The van der Waals surface area contributed by atoms with Crippen LogP contribution in [0.3, 0.4) is 0 Å². The molecule has 2 rings (SSSR count). The van der Waals surface area contributed by atoms with Crippen molar-refractivity contribution in [2.75, 3.05) is 0 Å². The minimum absolute atomic E-state index is 0.0743. The summed E-state index contributed by atoms with van der Waals surface area (Å²) in [6, 6.07) is 5.80. The molecule has 0 spiro atoms. The van der Waals surface area contributed by atoms with Gasteiger partial charge in [-0.25, -0.2) is 8.78 Å². The van der Waals surface area contributed by atoms with E-state index in [9.17, 15) is 8.78 Å². The Balaban J connectivity index is 2.00. The van der Waals surface area contributed by atoms with Crippen molar-refractivity contribution in [3.05, 3.63) is 55.1 Å². The zero-order valence-electron chi connectivity index (χ0n) is 10.0. The third-order valence-electron chi connectivity index (χ3n) is 2.72. The molecular formula is C13H11BrClF2NS. The van der Waals surface area contributed by atoms with Crippen LogP contribution in [0.4, 0.5) is 8.78 Å². The van der Waals surface area contributed by atoms with Crippen molar-refractivity contribution in [3.63, 3.8) is 0 Å². The number of benzene rings is 1. The molecule has 1 aromatic heterocycles. The van der Waals surface area contributed by atoms with Crippen molar-refractivity contribution in [2.45, 2.75) is 19.5 Å². The summed E-state index contributed by atoms with van der Waals surface area (Å²) in [5, 5.41) is 3.24. The number of hydrogen-bond donors (Lipinski definition) is 1. The van der Waals surface area contributed by atoms with Crippen molar-refractivity contribution in [3.8, 4) is 0 Å². The number of hydrogen-bond acceptors (Lipinski definition) is 2. The molecule has 0 saturated heterocycles. The summed E-state index contributed by atoms with van der Waals surface area (Å²) in [4.78, 5) is 1.08. The second-order valence-corrected chi connectivity index (χ2v) is 6.70. The Kier molecular flexibility index (Phi) is 4.95. The number of nitrogens with one attached hydrogen (secondary N) is 1. The molecule has 1 atom stereocenters. The molecule has 1 heterocycles. The van der Waals surface area contributed by atoms with E-state index in [4.69, 9.17) is 11.6 Å². The Morgan fingerprint density at radius 3 is 2.63 bits per heavy atom. The highest BCUT2D eigenvalue weighted by atomic mass is 79.9. The second kappa shape index (κ2) is 6.31. The molecule has 0 saturated carbocycles. The van der Waals surface area contributed by atoms with E-state index in [0.717, 1.165) is 15.4 Å². The second-order valence-electron chi connectivity index (χ2n) is 4.11. The fraction of sp³-hybridized carbons (Fsp3) is 0.231. The molecule has 0 bridgehead atoms. The lowest BCUT2D eigenvalue weighted by Gasteiger charge is -2.13. The lowest BCUT2D eigenvalue weighted by atomic mass is 10.1. The predicted molar refractivity (Wildman–Crippen MR) is 78.6 cm³/mol. The topological polar surface area (TPSA) is 12.0 Å².